The van der Waals surface area contributed by atoms with Gasteiger partial charge in [0, 0.05) is 6.20 Å². The first-order valence-corrected chi connectivity index (χ1v) is 7.67. The van der Waals surface area contributed by atoms with E-state index in [1.54, 1.807) is 6.20 Å². The van der Waals surface area contributed by atoms with Gasteiger partial charge >= 0.3 is 0 Å². The van der Waals surface area contributed by atoms with Crippen LogP contribution >= 0.6 is 0 Å². The van der Waals surface area contributed by atoms with Crippen LogP contribution in [0.2, 0.25) is 0 Å². The van der Waals surface area contributed by atoms with Crippen LogP contribution in [0, 0.1) is 12.8 Å². The highest BCUT2D eigenvalue weighted by molar-refractivity contribution is 7.84. The fourth-order valence-electron chi connectivity index (χ4n) is 1.76. The van der Waals surface area contributed by atoms with Gasteiger partial charge in [0.1, 0.15) is 0 Å². The van der Waals surface area contributed by atoms with Crippen LogP contribution in [0.3, 0.4) is 0 Å². The van der Waals surface area contributed by atoms with Crippen molar-refractivity contribution in [1.29, 1.82) is 0 Å². The highest BCUT2D eigenvalue weighted by atomic mass is 32.2. The Morgan fingerprint density at radius 3 is 2.40 bits per heavy atom. The monoisotopic (exact) mass is 286 g/mol. The van der Waals surface area contributed by atoms with Crippen LogP contribution in [0.1, 0.15) is 25.1 Å². The summed E-state index contributed by atoms with van der Waals surface area (Å²) in [6, 6.07) is 13.3. The average Bonchev–Trinajstić information content (AvgIpc) is 2.46. The standard InChI is InChI=1S/C16H18N2OS/c1-12(2)16(15-6-4-5-11-17-15)18-20(19)14-9-7-13(3)8-10-14/h4-12H,1-3H3/b18-16+. The lowest BCUT2D eigenvalue weighted by molar-refractivity contribution is 0.684. The zero-order valence-corrected chi connectivity index (χ0v) is 12.7. The molecule has 4 heteroatoms. The van der Waals surface area contributed by atoms with Gasteiger partial charge < -0.3 is 0 Å². The smallest absolute Gasteiger partial charge is 0.172 e. The Kier molecular flexibility index (Phi) is 4.79. The fraction of sp³-hybridized carbons (Fsp3) is 0.250. The quantitative estimate of drug-likeness (QED) is 0.806. The van der Waals surface area contributed by atoms with Crippen LogP contribution in [-0.4, -0.2) is 14.9 Å². The predicted molar refractivity (Wildman–Crippen MR) is 83.2 cm³/mol. The van der Waals surface area contributed by atoms with Crippen molar-refractivity contribution in [2.45, 2.75) is 25.7 Å². The number of rotatable bonds is 4. The molecule has 0 aliphatic heterocycles. The molecule has 1 heterocycles. The molecule has 0 fully saturated rings. The molecule has 3 nitrogen and oxygen atoms in total. The molecule has 2 rings (SSSR count). The predicted octanol–water partition coefficient (Wildman–Crippen LogP) is 3.56. The number of aromatic nitrogens is 1. The number of hydrogen-bond donors (Lipinski definition) is 0. The minimum absolute atomic E-state index is 0.166. The van der Waals surface area contributed by atoms with E-state index >= 15 is 0 Å². The van der Waals surface area contributed by atoms with Crippen molar-refractivity contribution >= 4 is 16.7 Å². The van der Waals surface area contributed by atoms with Gasteiger partial charge in [-0.25, -0.2) is 4.21 Å². The molecule has 0 N–H and O–H groups in total. The van der Waals surface area contributed by atoms with Crippen LogP contribution in [0.25, 0.3) is 0 Å². The minimum Gasteiger partial charge on any atom is -0.255 e. The van der Waals surface area contributed by atoms with E-state index in [2.05, 4.69) is 9.38 Å². The molecule has 0 aliphatic rings. The lowest BCUT2D eigenvalue weighted by Gasteiger charge is -2.09. The second kappa shape index (κ2) is 6.57. The zero-order valence-electron chi connectivity index (χ0n) is 11.9. The van der Waals surface area contributed by atoms with Crippen molar-refractivity contribution in [2.24, 2.45) is 10.3 Å². The van der Waals surface area contributed by atoms with E-state index in [4.69, 9.17) is 0 Å². The van der Waals surface area contributed by atoms with Gasteiger partial charge in [-0.2, -0.15) is 4.40 Å². The Morgan fingerprint density at radius 2 is 1.85 bits per heavy atom. The lowest BCUT2D eigenvalue weighted by atomic mass is 10.1. The third kappa shape index (κ3) is 3.61. The van der Waals surface area contributed by atoms with E-state index in [1.807, 2.05) is 63.2 Å². The molecule has 1 unspecified atom stereocenters. The van der Waals surface area contributed by atoms with Crippen LogP contribution in [-0.2, 0) is 11.0 Å². The molecule has 2 aromatic rings. The first-order valence-electron chi connectivity index (χ1n) is 6.56. The molecular weight excluding hydrogens is 268 g/mol. The van der Waals surface area contributed by atoms with Gasteiger partial charge in [0.05, 0.1) is 16.3 Å². The lowest BCUT2D eigenvalue weighted by Crippen LogP contribution is -2.12. The summed E-state index contributed by atoms with van der Waals surface area (Å²) in [6.07, 6.45) is 1.72. The Hall–Kier alpha value is -1.81. The normalized spacial score (nSPS) is 13.5. The maximum Gasteiger partial charge on any atom is 0.172 e. The molecular formula is C16H18N2OS. The van der Waals surface area contributed by atoms with Crippen molar-refractivity contribution in [3.63, 3.8) is 0 Å². The van der Waals surface area contributed by atoms with E-state index in [0.717, 1.165) is 17.0 Å². The number of benzene rings is 1. The first kappa shape index (κ1) is 14.6. The average molecular weight is 286 g/mol. The van der Waals surface area contributed by atoms with E-state index in [-0.39, 0.29) is 5.92 Å². The molecule has 0 bridgehead atoms. The van der Waals surface area contributed by atoms with Crippen molar-refractivity contribution in [1.82, 2.24) is 4.98 Å². The first-order chi connectivity index (χ1) is 9.58. The van der Waals surface area contributed by atoms with Crippen molar-refractivity contribution < 1.29 is 4.21 Å². The molecule has 0 saturated carbocycles. The minimum atomic E-state index is -1.39. The summed E-state index contributed by atoms with van der Waals surface area (Å²) in [5.41, 5.74) is 2.69. The molecule has 104 valence electrons. The van der Waals surface area contributed by atoms with Gasteiger partial charge in [-0.15, -0.1) is 0 Å². The van der Waals surface area contributed by atoms with Crippen LogP contribution in [0.4, 0.5) is 0 Å². The summed E-state index contributed by atoms with van der Waals surface area (Å²) in [6.45, 7) is 6.06. The van der Waals surface area contributed by atoms with E-state index in [9.17, 15) is 4.21 Å². The molecule has 0 saturated heterocycles. The Balaban J connectivity index is 2.34. The second-order valence-corrected chi connectivity index (χ2v) is 6.06. The molecule has 1 atom stereocenters. The van der Waals surface area contributed by atoms with Gasteiger partial charge in [-0.3, -0.25) is 4.98 Å². The van der Waals surface area contributed by atoms with Crippen LogP contribution in [0.5, 0.6) is 0 Å². The van der Waals surface area contributed by atoms with Gasteiger partial charge in [0.25, 0.3) is 0 Å². The van der Waals surface area contributed by atoms with Gasteiger partial charge in [-0.1, -0.05) is 37.6 Å². The highest BCUT2D eigenvalue weighted by Crippen LogP contribution is 2.13. The van der Waals surface area contributed by atoms with Crippen molar-refractivity contribution in [3.8, 4) is 0 Å². The highest BCUT2D eigenvalue weighted by Gasteiger charge is 2.12. The maximum atomic E-state index is 12.3. The SMILES string of the molecule is Cc1ccc(S(=O)/N=C(/c2ccccn2)C(C)C)cc1. The summed E-state index contributed by atoms with van der Waals surface area (Å²) in [4.78, 5) is 5.01. The largest absolute Gasteiger partial charge is 0.255 e. The van der Waals surface area contributed by atoms with Crippen LogP contribution < -0.4 is 0 Å². The van der Waals surface area contributed by atoms with Crippen LogP contribution in [0.15, 0.2) is 58.0 Å². The third-order valence-corrected chi connectivity index (χ3v) is 3.92. The number of nitrogens with zero attached hydrogens (tertiary/aromatic N) is 2. The number of aryl methyl sites for hydroxylation is 1. The molecule has 1 aromatic heterocycles. The van der Waals surface area contributed by atoms with Crippen molar-refractivity contribution in [3.05, 3.63) is 59.9 Å². The molecule has 1 aromatic carbocycles. The van der Waals surface area contributed by atoms with E-state index in [0.29, 0.717) is 4.90 Å². The summed E-state index contributed by atoms with van der Waals surface area (Å²) in [5.74, 6) is 0.166. The third-order valence-electron chi connectivity index (χ3n) is 2.88. The summed E-state index contributed by atoms with van der Waals surface area (Å²) < 4.78 is 16.7. The topological polar surface area (TPSA) is 42.3 Å². The van der Waals surface area contributed by atoms with Gasteiger partial charge in [0.2, 0.25) is 0 Å². The fourth-order valence-corrected chi connectivity index (χ4v) is 2.72. The summed E-state index contributed by atoms with van der Waals surface area (Å²) >= 11 is 0. The summed E-state index contributed by atoms with van der Waals surface area (Å²) in [5, 5.41) is 0. The number of pyridine rings is 1. The summed E-state index contributed by atoms with van der Waals surface area (Å²) in [7, 11) is -1.39. The van der Waals surface area contributed by atoms with E-state index in [1.165, 1.54) is 0 Å². The Bertz CT molecular complexity index is 619. The van der Waals surface area contributed by atoms with Gasteiger partial charge in [0.15, 0.2) is 11.0 Å². The molecule has 0 spiro atoms. The maximum absolute atomic E-state index is 12.3. The zero-order chi connectivity index (χ0) is 14.5. The number of hydrogen-bond acceptors (Lipinski definition) is 2. The molecule has 0 amide bonds. The Labute approximate surface area is 122 Å². The molecule has 0 radical (unpaired) electrons. The molecule has 20 heavy (non-hydrogen) atoms. The molecule has 0 aliphatic carbocycles. The second-order valence-electron chi connectivity index (χ2n) is 4.91. The van der Waals surface area contributed by atoms with Crippen molar-refractivity contribution in [2.75, 3.05) is 0 Å². The van der Waals surface area contributed by atoms with E-state index < -0.39 is 11.0 Å². The Morgan fingerprint density at radius 1 is 1.15 bits per heavy atom. The van der Waals surface area contributed by atoms with Gasteiger partial charge in [-0.05, 0) is 37.1 Å².